The summed E-state index contributed by atoms with van der Waals surface area (Å²) in [5.41, 5.74) is 5.93. The molecule has 1 aliphatic heterocycles. The lowest BCUT2D eigenvalue weighted by Gasteiger charge is -2.11. The first-order valence-electron chi connectivity index (χ1n) is 13.2. The van der Waals surface area contributed by atoms with Crippen LogP contribution < -0.4 is 15.8 Å². The largest absolute Gasteiger partial charge is 0.492 e. The zero-order valence-electron chi connectivity index (χ0n) is 24.3. The highest BCUT2D eigenvalue weighted by atomic mass is 35.5. The van der Waals surface area contributed by atoms with Gasteiger partial charge in [-0.05, 0) is 35.9 Å². The molecule has 5 rings (SSSR count). The molecule has 0 radical (unpaired) electrons. The maximum atomic E-state index is 14.4. The zero-order valence-corrected chi connectivity index (χ0v) is 25.9. The number of esters is 1. The first-order valence-corrected chi connectivity index (χ1v) is 14.0. The van der Waals surface area contributed by atoms with E-state index >= 15 is 0 Å². The molecule has 1 atom stereocenters. The number of ketones is 1. The molecule has 0 saturated heterocycles. The van der Waals surface area contributed by atoms with E-state index in [1.54, 1.807) is 31.3 Å². The van der Waals surface area contributed by atoms with Crippen molar-refractivity contribution in [2.75, 3.05) is 27.0 Å². The minimum Gasteiger partial charge on any atom is -0.492 e. The van der Waals surface area contributed by atoms with E-state index in [1.807, 2.05) is 6.07 Å². The van der Waals surface area contributed by atoms with Crippen LogP contribution in [0.5, 0.6) is 5.75 Å². The number of anilines is 1. The van der Waals surface area contributed by atoms with Crippen molar-refractivity contribution in [3.05, 3.63) is 117 Å². The predicted octanol–water partition coefficient (Wildman–Crippen LogP) is 7.51. The van der Waals surface area contributed by atoms with E-state index in [2.05, 4.69) is 15.0 Å². The summed E-state index contributed by atoms with van der Waals surface area (Å²) in [6.07, 6.45) is -5.34. The molecule has 1 unspecified atom stereocenters. The summed E-state index contributed by atoms with van der Waals surface area (Å²) in [6, 6.07) is 17.7. The van der Waals surface area contributed by atoms with Crippen molar-refractivity contribution < 1.29 is 41.4 Å². The van der Waals surface area contributed by atoms with Gasteiger partial charge >= 0.3 is 12.1 Å². The van der Waals surface area contributed by atoms with Crippen molar-refractivity contribution in [2.24, 2.45) is 0 Å². The molecule has 46 heavy (non-hydrogen) atoms. The number of benzene rings is 3. The third kappa shape index (κ3) is 7.03. The summed E-state index contributed by atoms with van der Waals surface area (Å²) in [4.78, 5) is 28.4. The highest BCUT2D eigenvalue weighted by Gasteiger charge is 2.38. The second-order valence-corrected chi connectivity index (χ2v) is 10.3. The number of Topliss-reactive ketones (excluding diaryl/α,β-unsaturated/α-hetero) is 1. The number of ether oxygens (including phenoxy) is 3. The molecule has 0 saturated carbocycles. The van der Waals surface area contributed by atoms with Crippen LogP contribution in [0.25, 0.3) is 16.8 Å². The zero-order chi connectivity index (χ0) is 33.8. The van der Waals surface area contributed by atoms with E-state index in [0.717, 1.165) is 12.1 Å². The van der Waals surface area contributed by atoms with Gasteiger partial charge in [0.25, 0.3) is 0 Å². The van der Waals surface area contributed by atoms with Gasteiger partial charge in [0.2, 0.25) is 5.78 Å². The fourth-order valence-electron chi connectivity index (χ4n) is 4.47. The topological polar surface area (TPSA) is 113 Å². The van der Waals surface area contributed by atoms with Crippen molar-refractivity contribution in [2.45, 2.75) is 12.3 Å². The molecular weight excluding hydrogens is 653 g/mol. The molecule has 1 aromatic heterocycles. The molecule has 3 N–H and O–H groups in total. The summed E-state index contributed by atoms with van der Waals surface area (Å²) in [5.74, 6) is -1.83. The van der Waals surface area contributed by atoms with Gasteiger partial charge in [0.1, 0.15) is 0 Å². The van der Waals surface area contributed by atoms with E-state index in [9.17, 15) is 27.2 Å². The van der Waals surface area contributed by atoms with Gasteiger partial charge in [-0.15, -0.1) is 0 Å². The van der Waals surface area contributed by atoms with Gasteiger partial charge in [0, 0.05) is 18.2 Å². The Morgan fingerprint density at radius 2 is 1.72 bits per heavy atom. The Labute approximate surface area is 270 Å². The van der Waals surface area contributed by atoms with Gasteiger partial charge in [-0.2, -0.15) is 13.2 Å². The Balaban J connectivity index is 0.000000210. The number of hydrogen-bond donors (Lipinski definition) is 2. The van der Waals surface area contributed by atoms with Gasteiger partial charge in [0.15, 0.2) is 29.2 Å². The van der Waals surface area contributed by atoms with Gasteiger partial charge < -0.3 is 25.3 Å². The molecule has 0 bridgehead atoms. The number of nitrogen functional groups attached to an aromatic ring is 1. The van der Waals surface area contributed by atoms with Crippen molar-refractivity contribution in [3.63, 3.8) is 0 Å². The molecule has 0 spiro atoms. The lowest BCUT2D eigenvalue weighted by Crippen LogP contribution is -2.10. The average molecular weight is 678 g/mol. The SMILES string of the molecule is CNC1=C(c2cccc(C(F)(F)F)c2)C(=O)C(c2ccccc2)O1.COC(=O)c1nc(-c2ccc(Cl)c(OC)c2F)cc(N)c1Cl. The summed E-state index contributed by atoms with van der Waals surface area (Å²) >= 11 is 11.8. The second kappa shape index (κ2) is 14.1. The Hall–Kier alpha value is -4.81. The molecule has 0 aliphatic carbocycles. The third-order valence-electron chi connectivity index (χ3n) is 6.65. The van der Waals surface area contributed by atoms with Gasteiger partial charge in [-0.1, -0.05) is 65.7 Å². The summed E-state index contributed by atoms with van der Waals surface area (Å²) in [7, 11) is 4.02. The lowest BCUT2D eigenvalue weighted by molar-refractivity contribution is -0.137. The van der Waals surface area contributed by atoms with E-state index in [1.165, 1.54) is 44.6 Å². The molecule has 2 heterocycles. The van der Waals surface area contributed by atoms with Crippen LogP contribution in [0.4, 0.5) is 23.2 Å². The summed E-state index contributed by atoms with van der Waals surface area (Å²) in [6.45, 7) is 0. The standard InChI is InChI=1S/C18H14F3NO2.C14H11Cl2FN2O3/c1-22-17-14(12-8-5-9-13(10-12)18(19,20)21)15(23)16(24-17)11-6-3-2-4-7-11;1-21-13-7(15)4-3-6(11(13)17)9-5-8(18)10(16)12(19-9)14(20)22-2/h2-10,16,22H,1H3;3-5H,1-2H3,(H2,18,19). The van der Waals surface area contributed by atoms with Gasteiger partial charge in [-0.25, -0.2) is 14.2 Å². The Kier molecular flexibility index (Phi) is 10.4. The highest BCUT2D eigenvalue weighted by Crippen LogP contribution is 2.39. The number of nitrogens with zero attached hydrogens (tertiary/aromatic N) is 1. The van der Waals surface area contributed by atoms with Crippen LogP contribution in [0.1, 0.15) is 33.3 Å². The van der Waals surface area contributed by atoms with E-state index < -0.39 is 29.6 Å². The fraction of sp³-hybridized carbons (Fsp3) is 0.156. The van der Waals surface area contributed by atoms with Crippen LogP contribution in [0.2, 0.25) is 10.0 Å². The third-order valence-corrected chi connectivity index (χ3v) is 7.34. The lowest BCUT2D eigenvalue weighted by atomic mass is 9.96. The van der Waals surface area contributed by atoms with Crippen LogP contribution in [-0.2, 0) is 20.4 Å². The smallest absolute Gasteiger partial charge is 0.416 e. The quantitative estimate of drug-likeness (QED) is 0.159. The van der Waals surface area contributed by atoms with E-state index in [0.29, 0.717) is 5.56 Å². The van der Waals surface area contributed by atoms with Crippen LogP contribution in [0.3, 0.4) is 0 Å². The molecule has 14 heteroatoms. The molecule has 240 valence electrons. The monoisotopic (exact) mass is 677 g/mol. The Bertz CT molecular complexity index is 1820. The number of alkyl halides is 3. The first kappa shape index (κ1) is 34.1. The Morgan fingerprint density at radius 3 is 2.33 bits per heavy atom. The summed E-state index contributed by atoms with van der Waals surface area (Å²) < 4.78 is 68.3. The van der Waals surface area contributed by atoms with Crippen molar-refractivity contribution in [1.29, 1.82) is 0 Å². The van der Waals surface area contributed by atoms with Crippen molar-refractivity contribution in [1.82, 2.24) is 10.3 Å². The molecule has 0 fully saturated rings. The van der Waals surface area contributed by atoms with Crippen LogP contribution in [-0.4, -0.2) is 38.0 Å². The number of nitrogens with one attached hydrogen (secondary N) is 1. The molecule has 4 aromatic rings. The second-order valence-electron chi connectivity index (χ2n) is 9.50. The van der Waals surface area contributed by atoms with Crippen LogP contribution in [0.15, 0.2) is 78.7 Å². The highest BCUT2D eigenvalue weighted by molar-refractivity contribution is 6.35. The van der Waals surface area contributed by atoms with Gasteiger partial charge in [0.05, 0.1) is 46.8 Å². The van der Waals surface area contributed by atoms with E-state index in [4.69, 9.17) is 38.4 Å². The summed E-state index contributed by atoms with van der Waals surface area (Å²) in [5, 5.41) is 2.81. The maximum Gasteiger partial charge on any atom is 0.416 e. The fourth-order valence-corrected chi connectivity index (χ4v) is 4.86. The van der Waals surface area contributed by atoms with Crippen molar-refractivity contribution in [3.8, 4) is 17.0 Å². The Morgan fingerprint density at radius 1 is 1.02 bits per heavy atom. The number of methoxy groups -OCH3 is 2. The molecule has 3 aromatic carbocycles. The number of pyridine rings is 1. The van der Waals surface area contributed by atoms with Crippen molar-refractivity contribution >= 4 is 46.2 Å². The number of carbonyl (C=O) groups is 2. The van der Waals surface area contributed by atoms with E-state index in [-0.39, 0.29) is 61.2 Å². The van der Waals surface area contributed by atoms with Crippen LogP contribution in [0, 0.1) is 5.82 Å². The number of halogens is 6. The molecular formula is C32H25Cl2F4N3O5. The molecule has 0 amide bonds. The minimum absolute atomic E-state index is 0.0584. The number of carbonyl (C=O) groups excluding carboxylic acids is 2. The normalized spacial score (nSPS) is 14.3. The number of hydrogen-bond acceptors (Lipinski definition) is 8. The molecule has 8 nitrogen and oxygen atoms in total. The number of nitrogens with two attached hydrogens (primary N) is 1. The minimum atomic E-state index is -4.47. The maximum absolute atomic E-state index is 14.4. The number of rotatable bonds is 6. The predicted molar refractivity (Wildman–Crippen MR) is 165 cm³/mol. The molecule has 1 aliphatic rings. The van der Waals surface area contributed by atoms with Gasteiger partial charge in [-0.3, -0.25) is 4.79 Å². The van der Waals surface area contributed by atoms with Crippen LogP contribution >= 0.6 is 23.2 Å². The number of aromatic nitrogens is 1. The first-order chi connectivity index (χ1) is 21.8. The average Bonchev–Trinajstić information content (AvgIpc) is 3.38.